The van der Waals surface area contributed by atoms with Crippen LogP contribution in [0.25, 0.3) is 0 Å². The third-order valence-corrected chi connectivity index (χ3v) is 2.96. The van der Waals surface area contributed by atoms with Gasteiger partial charge in [0.05, 0.1) is 13.2 Å². The predicted octanol–water partition coefficient (Wildman–Crippen LogP) is 0.508. The molecule has 1 saturated heterocycles. The molecule has 17 heavy (non-hydrogen) atoms. The monoisotopic (exact) mass is 228 g/mol. The molecule has 1 aliphatic rings. The summed E-state index contributed by atoms with van der Waals surface area (Å²) in [5.41, 5.74) is 1.06. The SMILES string of the molecule is C=CC(C#Cc1ccccc1)[NH+]1CCOCC1. The molecule has 1 aliphatic heterocycles. The van der Waals surface area contributed by atoms with Crippen molar-refractivity contribution in [2.45, 2.75) is 6.04 Å². The van der Waals surface area contributed by atoms with E-state index in [9.17, 15) is 0 Å². The van der Waals surface area contributed by atoms with Gasteiger partial charge in [-0.3, -0.25) is 0 Å². The average Bonchev–Trinajstić information content (AvgIpc) is 2.42. The summed E-state index contributed by atoms with van der Waals surface area (Å²) in [6, 6.07) is 10.3. The minimum Gasteiger partial charge on any atom is -0.370 e. The van der Waals surface area contributed by atoms with Gasteiger partial charge in [-0.05, 0) is 24.1 Å². The van der Waals surface area contributed by atoms with Crippen molar-refractivity contribution in [1.29, 1.82) is 0 Å². The molecular weight excluding hydrogens is 210 g/mol. The molecule has 0 amide bonds. The first-order valence-corrected chi connectivity index (χ1v) is 6.01. The van der Waals surface area contributed by atoms with E-state index in [0.717, 1.165) is 31.9 Å². The Balaban J connectivity index is 2.04. The van der Waals surface area contributed by atoms with Gasteiger partial charge in [0.15, 0.2) is 6.04 Å². The first kappa shape index (κ1) is 11.9. The van der Waals surface area contributed by atoms with Crippen LogP contribution < -0.4 is 4.90 Å². The Bertz CT molecular complexity index is 410. The minimum atomic E-state index is 0.208. The summed E-state index contributed by atoms with van der Waals surface area (Å²) in [6.07, 6.45) is 1.94. The number of benzene rings is 1. The zero-order valence-corrected chi connectivity index (χ0v) is 9.99. The van der Waals surface area contributed by atoms with Crippen LogP contribution in [0.15, 0.2) is 43.0 Å². The van der Waals surface area contributed by atoms with Crippen LogP contribution in [-0.4, -0.2) is 32.3 Å². The summed E-state index contributed by atoms with van der Waals surface area (Å²) in [7, 11) is 0. The first-order chi connectivity index (χ1) is 8.40. The van der Waals surface area contributed by atoms with Crippen molar-refractivity contribution < 1.29 is 9.64 Å². The van der Waals surface area contributed by atoms with Crippen molar-refractivity contribution in [2.24, 2.45) is 0 Å². The number of hydrogen-bond acceptors (Lipinski definition) is 1. The van der Waals surface area contributed by atoms with Crippen LogP contribution in [0.2, 0.25) is 0 Å². The molecule has 0 saturated carbocycles. The number of rotatable bonds is 2. The third kappa shape index (κ3) is 3.45. The van der Waals surface area contributed by atoms with Gasteiger partial charge >= 0.3 is 0 Å². The zero-order chi connectivity index (χ0) is 11.9. The van der Waals surface area contributed by atoms with E-state index >= 15 is 0 Å². The second-order valence-corrected chi connectivity index (χ2v) is 4.12. The molecule has 1 unspecified atom stereocenters. The molecule has 2 nitrogen and oxygen atoms in total. The van der Waals surface area contributed by atoms with Crippen molar-refractivity contribution in [3.8, 4) is 11.8 Å². The fourth-order valence-corrected chi connectivity index (χ4v) is 1.95. The van der Waals surface area contributed by atoms with Gasteiger partial charge in [0.1, 0.15) is 13.1 Å². The lowest BCUT2D eigenvalue weighted by Gasteiger charge is -2.26. The van der Waals surface area contributed by atoms with E-state index in [1.807, 2.05) is 36.4 Å². The quantitative estimate of drug-likeness (QED) is 0.575. The molecule has 88 valence electrons. The topological polar surface area (TPSA) is 13.7 Å². The van der Waals surface area contributed by atoms with Crippen molar-refractivity contribution >= 4 is 0 Å². The Hall–Kier alpha value is -1.56. The molecule has 1 atom stereocenters. The Morgan fingerprint density at radius 2 is 1.94 bits per heavy atom. The summed E-state index contributed by atoms with van der Waals surface area (Å²) in [6.45, 7) is 7.56. The maximum absolute atomic E-state index is 5.35. The molecule has 0 spiro atoms. The van der Waals surface area contributed by atoms with Gasteiger partial charge in [0.25, 0.3) is 0 Å². The Morgan fingerprint density at radius 3 is 2.59 bits per heavy atom. The number of hydrogen-bond donors (Lipinski definition) is 1. The molecule has 0 aromatic heterocycles. The maximum Gasteiger partial charge on any atom is 0.168 e. The van der Waals surface area contributed by atoms with Crippen LogP contribution in [0.1, 0.15) is 5.56 Å². The molecule has 1 aromatic rings. The normalized spacial score (nSPS) is 17.9. The highest BCUT2D eigenvalue weighted by molar-refractivity contribution is 5.35. The molecular formula is C15H18NO+. The van der Waals surface area contributed by atoms with Gasteiger partial charge in [0, 0.05) is 5.56 Å². The van der Waals surface area contributed by atoms with E-state index in [1.165, 1.54) is 4.90 Å². The molecule has 2 rings (SSSR count). The van der Waals surface area contributed by atoms with Gasteiger partial charge in [0.2, 0.25) is 0 Å². The molecule has 1 heterocycles. The smallest absolute Gasteiger partial charge is 0.168 e. The summed E-state index contributed by atoms with van der Waals surface area (Å²) in [5.74, 6) is 6.50. The number of nitrogens with one attached hydrogen (secondary N) is 1. The van der Waals surface area contributed by atoms with Gasteiger partial charge in [-0.15, -0.1) is 0 Å². The molecule has 1 aromatic carbocycles. The summed E-state index contributed by atoms with van der Waals surface area (Å²) in [5, 5.41) is 0. The fourth-order valence-electron chi connectivity index (χ4n) is 1.95. The van der Waals surface area contributed by atoms with Crippen LogP contribution in [0, 0.1) is 11.8 Å². The fraction of sp³-hybridized carbons (Fsp3) is 0.333. The summed E-state index contributed by atoms with van der Waals surface area (Å²) >= 11 is 0. The van der Waals surface area contributed by atoms with E-state index in [1.54, 1.807) is 0 Å². The molecule has 0 bridgehead atoms. The maximum atomic E-state index is 5.35. The van der Waals surface area contributed by atoms with Crippen LogP contribution >= 0.6 is 0 Å². The molecule has 1 N–H and O–H groups in total. The molecule has 0 radical (unpaired) electrons. The van der Waals surface area contributed by atoms with Crippen LogP contribution in [0.3, 0.4) is 0 Å². The Labute approximate surface area is 103 Å². The lowest BCUT2D eigenvalue weighted by atomic mass is 10.2. The van der Waals surface area contributed by atoms with Crippen LogP contribution in [-0.2, 0) is 4.74 Å². The van der Waals surface area contributed by atoms with E-state index in [-0.39, 0.29) is 6.04 Å². The Kier molecular flexibility index (Phi) is 4.37. The number of ether oxygens (including phenoxy) is 1. The number of quaternary nitrogens is 1. The van der Waals surface area contributed by atoms with Crippen molar-refractivity contribution in [3.05, 3.63) is 48.6 Å². The second-order valence-electron chi connectivity index (χ2n) is 4.12. The lowest BCUT2D eigenvalue weighted by Crippen LogP contribution is -3.17. The van der Waals surface area contributed by atoms with E-state index < -0.39 is 0 Å². The van der Waals surface area contributed by atoms with E-state index in [0.29, 0.717) is 0 Å². The van der Waals surface area contributed by atoms with Gasteiger partial charge < -0.3 is 9.64 Å². The van der Waals surface area contributed by atoms with Crippen molar-refractivity contribution in [1.82, 2.24) is 0 Å². The largest absolute Gasteiger partial charge is 0.370 e. The molecule has 0 aliphatic carbocycles. The highest BCUT2D eigenvalue weighted by Crippen LogP contribution is 1.95. The van der Waals surface area contributed by atoms with Crippen molar-refractivity contribution in [3.63, 3.8) is 0 Å². The average molecular weight is 228 g/mol. The van der Waals surface area contributed by atoms with Gasteiger partial charge in [-0.1, -0.05) is 30.7 Å². The van der Waals surface area contributed by atoms with Gasteiger partial charge in [-0.25, -0.2) is 0 Å². The summed E-state index contributed by atoms with van der Waals surface area (Å²) in [4.78, 5) is 1.45. The van der Waals surface area contributed by atoms with Crippen molar-refractivity contribution in [2.75, 3.05) is 26.3 Å². The minimum absolute atomic E-state index is 0.208. The zero-order valence-electron chi connectivity index (χ0n) is 9.99. The summed E-state index contributed by atoms with van der Waals surface area (Å²) < 4.78 is 5.35. The molecule has 2 heteroatoms. The van der Waals surface area contributed by atoms with Crippen LogP contribution in [0.5, 0.6) is 0 Å². The standard InChI is InChI=1S/C15H17NO/c1-2-15(16-10-12-17-13-11-16)9-8-14-6-4-3-5-7-14/h2-7,15H,1,10-13H2/p+1. The first-order valence-electron chi connectivity index (χ1n) is 6.01. The number of morpholine rings is 1. The highest BCUT2D eigenvalue weighted by Gasteiger charge is 2.19. The second kappa shape index (κ2) is 6.24. The van der Waals surface area contributed by atoms with E-state index in [4.69, 9.17) is 4.74 Å². The molecule has 1 fully saturated rings. The third-order valence-electron chi connectivity index (χ3n) is 2.96. The predicted molar refractivity (Wildman–Crippen MR) is 68.8 cm³/mol. The van der Waals surface area contributed by atoms with E-state index in [2.05, 4.69) is 18.4 Å². The lowest BCUT2D eigenvalue weighted by molar-refractivity contribution is -0.918. The van der Waals surface area contributed by atoms with Gasteiger partial charge in [-0.2, -0.15) is 0 Å². The Morgan fingerprint density at radius 1 is 1.24 bits per heavy atom. The highest BCUT2D eigenvalue weighted by atomic mass is 16.5. The van der Waals surface area contributed by atoms with Crippen LogP contribution in [0.4, 0.5) is 0 Å².